The second kappa shape index (κ2) is 9.48. The highest BCUT2D eigenvalue weighted by molar-refractivity contribution is 5.66. The highest BCUT2D eigenvalue weighted by atomic mass is 79.9. The van der Waals surface area contributed by atoms with Gasteiger partial charge in [0.15, 0.2) is 0 Å². The van der Waals surface area contributed by atoms with Gasteiger partial charge in [0.05, 0.1) is 20.1 Å². The molecule has 0 spiro atoms. The molecule has 0 heterocycles. The summed E-state index contributed by atoms with van der Waals surface area (Å²) >= 11 is 0. The molecular formula is C20H32BrNO. The maximum atomic E-state index is 6.36. The number of rotatable bonds is 7. The van der Waals surface area contributed by atoms with E-state index in [1.807, 2.05) is 0 Å². The lowest BCUT2D eigenvalue weighted by Crippen LogP contribution is -3.00. The first-order chi connectivity index (χ1) is 10.6. The summed E-state index contributed by atoms with van der Waals surface area (Å²) in [6.07, 6.45) is 5.03. The zero-order valence-electron chi connectivity index (χ0n) is 15.2. The third-order valence-corrected chi connectivity index (χ3v) is 5.32. The second-order valence-electron chi connectivity index (χ2n) is 6.78. The largest absolute Gasteiger partial charge is 1.00 e. The Morgan fingerprint density at radius 1 is 1.09 bits per heavy atom. The number of halogens is 1. The maximum Gasteiger partial charge on any atom is 0.137 e. The van der Waals surface area contributed by atoms with Crippen LogP contribution in [0.1, 0.15) is 50.7 Å². The number of ether oxygens (including phenoxy) is 1. The zero-order chi connectivity index (χ0) is 16.0. The highest BCUT2D eigenvalue weighted by Crippen LogP contribution is 2.33. The summed E-state index contributed by atoms with van der Waals surface area (Å²) in [6, 6.07) is 8.63. The molecule has 1 saturated carbocycles. The van der Waals surface area contributed by atoms with E-state index in [4.69, 9.17) is 4.74 Å². The van der Waals surface area contributed by atoms with Gasteiger partial charge in [-0.2, -0.15) is 0 Å². The number of benzene rings is 1. The molecule has 1 aliphatic rings. The Morgan fingerprint density at radius 3 is 2.26 bits per heavy atom. The van der Waals surface area contributed by atoms with Crippen LogP contribution in [-0.4, -0.2) is 37.8 Å². The van der Waals surface area contributed by atoms with E-state index >= 15 is 0 Å². The Kier molecular flexibility index (Phi) is 8.35. The second-order valence-corrected chi connectivity index (χ2v) is 6.78. The van der Waals surface area contributed by atoms with E-state index < -0.39 is 0 Å². The average Bonchev–Trinajstić information content (AvgIpc) is 3.06. The molecule has 0 radical (unpaired) electrons. The summed E-state index contributed by atoms with van der Waals surface area (Å²) in [5, 5.41) is 0. The van der Waals surface area contributed by atoms with Crippen molar-refractivity contribution in [1.29, 1.82) is 0 Å². The third kappa shape index (κ3) is 5.36. The van der Waals surface area contributed by atoms with E-state index in [0.717, 1.165) is 30.7 Å². The van der Waals surface area contributed by atoms with Gasteiger partial charge in [0.1, 0.15) is 18.9 Å². The fourth-order valence-electron chi connectivity index (χ4n) is 3.13. The van der Waals surface area contributed by atoms with Crippen LogP contribution >= 0.6 is 0 Å². The van der Waals surface area contributed by atoms with Gasteiger partial charge in [-0.1, -0.05) is 24.3 Å². The summed E-state index contributed by atoms with van der Waals surface area (Å²) in [4.78, 5) is 0. The first-order valence-corrected chi connectivity index (χ1v) is 8.84. The topological polar surface area (TPSA) is 9.23 Å². The SMILES string of the molecule is CC[N+](C)(CC)CCOC(=C1CCCC1)c1ccccc1C.[Br-]. The van der Waals surface area contributed by atoms with Crippen molar-refractivity contribution in [2.24, 2.45) is 0 Å². The lowest BCUT2D eigenvalue weighted by Gasteiger charge is -2.32. The van der Waals surface area contributed by atoms with Gasteiger partial charge in [0, 0.05) is 5.56 Å². The van der Waals surface area contributed by atoms with E-state index in [1.165, 1.54) is 48.1 Å². The number of aryl methyl sites for hydroxylation is 1. The van der Waals surface area contributed by atoms with Crippen LogP contribution in [0.3, 0.4) is 0 Å². The Bertz CT molecular complexity index is 512. The monoisotopic (exact) mass is 381 g/mol. The predicted molar refractivity (Wildman–Crippen MR) is 94.7 cm³/mol. The molecule has 130 valence electrons. The molecule has 0 bridgehead atoms. The fourth-order valence-corrected chi connectivity index (χ4v) is 3.13. The van der Waals surface area contributed by atoms with Crippen LogP contribution in [-0.2, 0) is 4.74 Å². The van der Waals surface area contributed by atoms with Crippen molar-refractivity contribution < 1.29 is 26.2 Å². The molecule has 1 aliphatic carbocycles. The molecule has 2 nitrogen and oxygen atoms in total. The molecular weight excluding hydrogens is 350 g/mol. The van der Waals surface area contributed by atoms with Crippen LogP contribution in [0.15, 0.2) is 29.8 Å². The standard InChI is InChI=1S/C20H32NO.BrH/c1-5-21(4,6-2)15-16-22-20(18-12-8-9-13-18)19-14-10-7-11-17(19)3;/h7,10-11,14H,5-6,8-9,12-13,15-16H2,1-4H3;1H/q+1;/p-1. The van der Waals surface area contributed by atoms with Crippen LogP contribution in [0.4, 0.5) is 0 Å². The molecule has 1 aromatic carbocycles. The van der Waals surface area contributed by atoms with Gasteiger partial charge in [0.25, 0.3) is 0 Å². The van der Waals surface area contributed by atoms with Gasteiger partial charge in [-0.05, 0) is 57.6 Å². The molecule has 1 aromatic rings. The highest BCUT2D eigenvalue weighted by Gasteiger charge is 2.20. The van der Waals surface area contributed by atoms with Crippen LogP contribution in [0.2, 0.25) is 0 Å². The molecule has 0 unspecified atom stereocenters. The number of hydrogen-bond acceptors (Lipinski definition) is 1. The molecule has 23 heavy (non-hydrogen) atoms. The van der Waals surface area contributed by atoms with Crippen molar-refractivity contribution in [3.63, 3.8) is 0 Å². The minimum Gasteiger partial charge on any atom is -1.00 e. The molecule has 0 saturated heterocycles. The predicted octanol–water partition coefficient (Wildman–Crippen LogP) is 1.79. The van der Waals surface area contributed by atoms with Crippen LogP contribution < -0.4 is 17.0 Å². The van der Waals surface area contributed by atoms with Crippen molar-refractivity contribution >= 4 is 5.76 Å². The Morgan fingerprint density at radius 2 is 1.70 bits per heavy atom. The van der Waals surface area contributed by atoms with Crippen LogP contribution in [0.25, 0.3) is 5.76 Å². The van der Waals surface area contributed by atoms with Crippen molar-refractivity contribution in [3.05, 3.63) is 41.0 Å². The summed E-state index contributed by atoms with van der Waals surface area (Å²) in [5.74, 6) is 1.18. The van der Waals surface area contributed by atoms with Gasteiger partial charge >= 0.3 is 0 Å². The molecule has 0 atom stereocenters. The minimum absolute atomic E-state index is 0. The van der Waals surface area contributed by atoms with Crippen LogP contribution in [0.5, 0.6) is 0 Å². The number of allylic oxidation sites excluding steroid dienone is 1. The quantitative estimate of drug-likeness (QED) is 0.516. The lowest BCUT2D eigenvalue weighted by atomic mass is 10.0. The minimum atomic E-state index is 0. The van der Waals surface area contributed by atoms with E-state index in [1.54, 1.807) is 0 Å². The molecule has 3 heteroatoms. The van der Waals surface area contributed by atoms with Crippen molar-refractivity contribution in [2.45, 2.75) is 46.5 Å². The summed E-state index contributed by atoms with van der Waals surface area (Å²) in [5.41, 5.74) is 4.14. The molecule has 0 aromatic heterocycles. The number of quaternary nitrogens is 1. The summed E-state index contributed by atoms with van der Waals surface area (Å²) in [6.45, 7) is 10.9. The Hall–Kier alpha value is -0.800. The van der Waals surface area contributed by atoms with Crippen molar-refractivity contribution in [1.82, 2.24) is 0 Å². The molecule has 0 N–H and O–H groups in total. The van der Waals surface area contributed by atoms with E-state index in [0.29, 0.717) is 0 Å². The van der Waals surface area contributed by atoms with Gasteiger partial charge < -0.3 is 26.2 Å². The van der Waals surface area contributed by atoms with E-state index in [-0.39, 0.29) is 17.0 Å². The number of hydrogen-bond donors (Lipinski definition) is 0. The Labute approximate surface area is 152 Å². The van der Waals surface area contributed by atoms with Crippen molar-refractivity contribution in [2.75, 3.05) is 33.3 Å². The fraction of sp³-hybridized carbons (Fsp3) is 0.600. The first kappa shape index (κ1) is 20.2. The molecule has 1 fully saturated rings. The van der Waals surface area contributed by atoms with E-state index in [9.17, 15) is 0 Å². The van der Waals surface area contributed by atoms with Gasteiger partial charge in [-0.25, -0.2) is 0 Å². The van der Waals surface area contributed by atoms with Crippen molar-refractivity contribution in [3.8, 4) is 0 Å². The first-order valence-electron chi connectivity index (χ1n) is 8.84. The molecule has 2 rings (SSSR count). The van der Waals surface area contributed by atoms with Gasteiger partial charge in [-0.15, -0.1) is 0 Å². The molecule has 0 amide bonds. The van der Waals surface area contributed by atoms with Gasteiger partial charge in [0.2, 0.25) is 0 Å². The number of nitrogens with zero attached hydrogens (tertiary/aromatic N) is 1. The smallest absolute Gasteiger partial charge is 0.137 e. The molecule has 0 aliphatic heterocycles. The summed E-state index contributed by atoms with van der Waals surface area (Å²) in [7, 11) is 2.32. The maximum absolute atomic E-state index is 6.36. The average molecular weight is 382 g/mol. The third-order valence-electron chi connectivity index (χ3n) is 5.32. The lowest BCUT2D eigenvalue weighted by molar-refractivity contribution is -0.906. The number of likely N-dealkylation sites (N-methyl/N-ethyl adjacent to an activating group) is 1. The van der Waals surface area contributed by atoms with E-state index in [2.05, 4.69) is 52.1 Å². The van der Waals surface area contributed by atoms with Gasteiger partial charge in [-0.3, -0.25) is 0 Å². The zero-order valence-corrected chi connectivity index (χ0v) is 16.8. The Balaban J connectivity index is 0.00000264. The summed E-state index contributed by atoms with van der Waals surface area (Å²) < 4.78 is 7.44. The normalized spacial score (nSPS) is 14.5. The van der Waals surface area contributed by atoms with Crippen LogP contribution in [0, 0.1) is 6.92 Å².